The summed E-state index contributed by atoms with van der Waals surface area (Å²) in [6.07, 6.45) is 1.84. The van der Waals surface area contributed by atoms with Gasteiger partial charge < -0.3 is 35.4 Å². The van der Waals surface area contributed by atoms with Gasteiger partial charge >= 0.3 is 11.9 Å². The first-order chi connectivity index (χ1) is 16.6. The van der Waals surface area contributed by atoms with E-state index in [2.05, 4.69) is 10.6 Å². The first-order valence-electron chi connectivity index (χ1n) is 11.2. The number of carboxylic acid groups (broad SMARTS) is 2. The van der Waals surface area contributed by atoms with Gasteiger partial charge in [0.15, 0.2) is 0 Å². The van der Waals surface area contributed by atoms with Gasteiger partial charge in [0.2, 0.25) is 23.6 Å². The number of carbonyl (C=O) groups is 6. The molecule has 4 N–H and O–H groups in total. The number of hydrogen-bond acceptors (Lipinski definition) is 8. The molecule has 2 aliphatic rings. The molecule has 13 nitrogen and oxygen atoms in total. The normalized spacial score (nSPS) is 23.7. The predicted molar refractivity (Wildman–Crippen MR) is 123 cm³/mol. The maximum absolute atomic E-state index is 12.7. The van der Waals surface area contributed by atoms with E-state index in [1.165, 1.54) is 28.7 Å². The van der Waals surface area contributed by atoms with Crippen molar-refractivity contribution in [3.8, 4) is 0 Å². The van der Waals surface area contributed by atoms with Crippen LogP contribution in [0.1, 0.15) is 32.1 Å². The monoisotopic (exact) mass is 516 g/mol. The number of likely N-dealkylation sites (tertiary alicyclic amines) is 2. The van der Waals surface area contributed by atoms with Gasteiger partial charge in [0.05, 0.1) is 5.75 Å². The average molecular weight is 517 g/mol. The quantitative estimate of drug-likeness (QED) is 0.238. The number of hydrogen-bond donors (Lipinski definition) is 4. The van der Waals surface area contributed by atoms with E-state index in [-0.39, 0.29) is 63.5 Å². The summed E-state index contributed by atoms with van der Waals surface area (Å²) in [6, 6.07) is -3.15. The number of carboxylic acids is 2. The highest BCUT2D eigenvalue weighted by atomic mass is 32.2. The van der Waals surface area contributed by atoms with Crippen molar-refractivity contribution in [2.24, 2.45) is 0 Å². The first-order valence-corrected chi connectivity index (χ1v) is 12.6. The Morgan fingerprint density at radius 3 is 1.71 bits per heavy atom. The molecule has 196 valence electrons. The second-order valence-electron chi connectivity index (χ2n) is 8.52. The number of ether oxygens (including phenoxy) is 1. The van der Waals surface area contributed by atoms with E-state index in [1.807, 2.05) is 0 Å². The number of carbonyl (C=O) groups excluding carboxylic acids is 4. The maximum Gasteiger partial charge on any atom is 0.326 e. The van der Waals surface area contributed by atoms with Crippen LogP contribution in [-0.2, 0) is 33.5 Å². The zero-order valence-corrected chi connectivity index (χ0v) is 20.5. The second-order valence-corrected chi connectivity index (χ2v) is 9.39. The van der Waals surface area contributed by atoms with Crippen molar-refractivity contribution in [3.05, 3.63) is 0 Å². The number of aliphatic carboxylic acids is 2. The van der Waals surface area contributed by atoms with Gasteiger partial charge in [-0.2, -0.15) is 11.8 Å². The van der Waals surface area contributed by atoms with Crippen LogP contribution in [0.4, 0.5) is 0 Å². The summed E-state index contributed by atoms with van der Waals surface area (Å²) >= 11 is 1.33. The van der Waals surface area contributed by atoms with Crippen molar-refractivity contribution in [1.29, 1.82) is 0 Å². The lowest BCUT2D eigenvalue weighted by atomic mass is 10.1. The predicted octanol–water partition coefficient (Wildman–Crippen LogP) is -1.49. The molecule has 0 saturated carbocycles. The molecule has 4 atom stereocenters. The third-order valence-corrected chi connectivity index (χ3v) is 6.43. The first kappa shape index (κ1) is 28.4. The molecule has 0 aromatic rings. The minimum atomic E-state index is -1.19. The van der Waals surface area contributed by atoms with E-state index in [4.69, 9.17) is 4.74 Å². The molecule has 2 aliphatic heterocycles. The summed E-state index contributed by atoms with van der Waals surface area (Å²) in [5.74, 6) is -3.69. The second kappa shape index (κ2) is 13.3. The highest BCUT2D eigenvalue weighted by molar-refractivity contribution is 7.99. The minimum absolute atomic E-state index is 0.0316. The molecule has 0 aromatic heterocycles. The fourth-order valence-corrected chi connectivity index (χ4v) is 4.72. The molecule has 0 unspecified atom stereocenters. The Morgan fingerprint density at radius 1 is 0.857 bits per heavy atom. The molecule has 4 amide bonds. The van der Waals surface area contributed by atoms with Crippen molar-refractivity contribution in [1.82, 2.24) is 20.4 Å². The molecule has 2 saturated heterocycles. The Morgan fingerprint density at radius 2 is 1.31 bits per heavy atom. The summed E-state index contributed by atoms with van der Waals surface area (Å²) in [5, 5.41) is 24.3. The molecule has 0 bridgehead atoms. The fraction of sp³-hybridized carbons (Fsp3) is 0.714. The van der Waals surface area contributed by atoms with E-state index in [0.717, 1.165) is 0 Å². The molecular weight excluding hydrogens is 484 g/mol. The Labute approximate surface area is 206 Å². The van der Waals surface area contributed by atoms with Crippen LogP contribution in [0, 0.1) is 0 Å². The summed E-state index contributed by atoms with van der Waals surface area (Å²) in [4.78, 5) is 74.5. The van der Waals surface area contributed by atoms with E-state index in [0.29, 0.717) is 0 Å². The molecule has 2 rings (SSSR count). The van der Waals surface area contributed by atoms with Crippen molar-refractivity contribution in [2.75, 3.05) is 38.8 Å². The average Bonchev–Trinajstić information content (AvgIpc) is 3.38. The topological polar surface area (TPSA) is 183 Å². The van der Waals surface area contributed by atoms with Crippen molar-refractivity contribution in [3.63, 3.8) is 0 Å². The Bertz CT molecular complexity index is 774. The van der Waals surface area contributed by atoms with Crippen LogP contribution in [0.2, 0.25) is 0 Å². The summed E-state index contributed by atoms with van der Waals surface area (Å²) in [5.41, 5.74) is 0. The molecule has 2 heterocycles. The SMILES string of the molecule is COCC(=O)N[C@H]1C[C@@H](C(=O)O)N(C(=O)CCCC(=O)N2C[C@@H](NC(=O)CSC)C[C@H]2C(=O)O)C1. The smallest absolute Gasteiger partial charge is 0.326 e. The van der Waals surface area contributed by atoms with Crippen LogP contribution in [0.25, 0.3) is 0 Å². The van der Waals surface area contributed by atoms with Gasteiger partial charge in [-0.05, 0) is 12.7 Å². The lowest BCUT2D eigenvalue weighted by Gasteiger charge is -2.23. The van der Waals surface area contributed by atoms with Crippen molar-refractivity contribution >= 4 is 47.3 Å². The van der Waals surface area contributed by atoms with Crippen LogP contribution in [0.3, 0.4) is 0 Å². The number of thioether (sulfide) groups is 1. The lowest BCUT2D eigenvalue weighted by molar-refractivity contribution is -0.149. The van der Waals surface area contributed by atoms with Crippen LogP contribution < -0.4 is 10.6 Å². The van der Waals surface area contributed by atoms with Crippen LogP contribution in [0.15, 0.2) is 0 Å². The van der Waals surface area contributed by atoms with Gasteiger partial charge in [0.25, 0.3) is 0 Å². The largest absolute Gasteiger partial charge is 0.480 e. The standard InChI is InChI=1S/C21H32N4O9S/c1-34-10-16(26)22-12-6-14(20(30)31)24(8-12)18(28)4-3-5-19(29)25-9-13(7-15(25)21(32)33)23-17(27)11-35-2/h12-15H,3-11H2,1-2H3,(H,22,26)(H,23,27)(H,30,31)(H,32,33)/t12-,13-,14-,15-/m0/s1. The number of methoxy groups -OCH3 is 1. The van der Waals surface area contributed by atoms with Gasteiger partial charge in [0, 0.05) is 58.0 Å². The highest BCUT2D eigenvalue weighted by Gasteiger charge is 2.41. The minimum Gasteiger partial charge on any atom is -0.480 e. The zero-order chi connectivity index (χ0) is 26.1. The van der Waals surface area contributed by atoms with E-state index >= 15 is 0 Å². The van der Waals surface area contributed by atoms with Gasteiger partial charge in [0.1, 0.15) is 18.7 Å². The summed E-state index contributed by atoms with van der Waals surface area (Å²) < 4.78 is 4.74. The Hall–Kier alpha value is -2.87. The van der Waals surface area contributed by atoms with Crippen molar-refractivity contribution in [2.45, 2.75) is 56.3 Å². The molecule has 0 aromatic carbocycles. The molecule has 0 aliphatic carbocycles. The maximum atomic E-state index is 12.7. The molecule has 0 radical (unpaired) electrons. The molecule has 35 heavy (non-hydrogen) atoms. The number of rotatable bonds is 12. The number of amides is 4. The molecule has 2 fully saturated rings. The number of nitrogens with zero attached hydrogens (tertiary/aromatic N) is 2. The highest BCUT2D eigenvalue weighted by Crippen LogP contribution is 2.22. The Kier molecular flexibility index (Phi) is 10.8. The van der Waals surface area contributed by atoms with Crippen LogP contribution in [0.5, 0.6) is 0 Å². The van der Waals surface area contributed by atoms with Crippen LogP contribution in [-0.4, -0.2) is 119 Å². The van der Waals surface area contributed by atoms with Gasteiger partial charge in [-0.1, -0.05) is 0 Å². The zero-order valence-electron chi connectivity index (χ0n) is 19.7. The van der Waals surface area contributed by atoms with Gasteiger partial charge in [-0.25, -0.2) is 9.59 Å². The lowest BCUT2D eigenvalue weighted by Crippen LogP contribution is -2.42. The summed E-state index contributed by atoms with van der Waals surface area (Å²) in [6.45, 7) is -0.0794. The molecule has 0 spiro atoms. The van der Waals surface area contributed by atoms with E-state index in [9.17, 15) is 39.0 Å². The van der Waals surface area contributed by atoms with Crippen LogP contribution >= 0.6 is 11.8 Å². The summed E-state index contributed by atoms with van der Waals surface area (Å²) in [7, 11) is 1.36. The fourth-order valence-electron chi connectivity index (χ4n) is 4.38. The van der Waals surface area contributed by atoms with Gasteiger partial charge in [-0.3, -0.25) is 19.2 Å². The number of nitrogens with one attached hydrogen (secondary N) is 2. The molecular formula is C21H32N4O9S. The Balaban J connectivity index is 1.89. The third-order valence-electron chi connectivity index (χ3n) is 5.88. The van der Waals surface area contributed by atoms with E-state index < -0.39 is 53.8 Å². The van der Waals surface area contributed by atoms with Gasteiger partial charge in [-0.15, -0.1) is 0 Å². The third kappa shape index (κ3) is 8.09. The van der Waals surface area contributed by atoms with Crippen molar-refractivity contribution < 1.29 is 43.7 Å². The molecule has 14 heteroatoms. The van der Waals surface area contributed by atoms with E-state index in [1.54, 1.807) is 6.26 Å².